The number of piperazine rings is 1. The van der Waals surface area contributed by atoms with Crippen LogP contribution in [0.2, 0.25) is 0 Å². The Morgan fingerprint density at radius 2 is 2.28 bits per heavy atom. The average molecular weight is 270 g/mol. The molecule has 0 aromatic carbocycles. The van der Waals surface area contributed by atoms with Gasteiger partial charge >= 0.3 is 6.03 Å². The number of rotatable bonds is 1. The van der Waals surface area contributed by atoms with Gasteiger partial charge in [-0.05, 0) is 0 Å². The van der Waals surface area contributed by atoms with Gasteiger partial charge in [0.05, 0.1) is 12.1 Å². The molecule has 3 fully saturated rings. The van der Waals surface area contributed by atoms with Gasteiger partial charge in [0.15, 0.2) is 0 Å². The van der Waals surface area contributed by atoms with E-state index in [1.165, 1.54) is 0 Å². The molecule has 0 aliphatic carbocycles. The van der Waals surface area contributed by atoms with Crippen molar-refractivity contribution in [2.75, 3.05) is 44.2 Å². The van der Waals surface area contributed by atoms with Gasteiger partial charge in [0, 0.05) is 44.2 Å². The minimum atomic E-state index is -0.0413. The number of carbonyl (C=O) groups is 2. The van der Waals surface area contributed by atoms with Crippen LogP contribution in [0.5, 0.6) is 0 Å². The first kappa shape index (κ1) is 12.1. The van der Waals surface area contributed by atoms with Crippen LogP contribution in [0.1, 0.15) is 0 Å². The zero-order chi connectivity index (χ0) is 12.5. The van der Waals surface area contributed by atoms with Gasteiger partial charge in [0.25, 0.3) is 0 Å². The highest BCUT2D eigenvalue weighted by Gasteiger charge is 2.38. The number of nitrogens with zero attached hydrogens (tertiary/aromatic N) is 2. The average Bonchev–Trinajstić information content (AvgIpc) is 2.80. The predicted molar refractivity (Wildman–Crippen MR) is 69.6 cm³/mol. The van der Waals surface area contributed by atoms with Crippen molar-refractivity contribution >= 4 is 23.7 Å². The van der Waals surface area contributed by atoms with Crippen molar-refractivity contribution in [3.05, 3.63) is 0 Å². The molecule has 2 atom stereocenters. The van der Waals surface area contributed by atoms with Gasteiger partial charge in [0.2, 0.25) is 5.91 Å². The van der Waals surface area contributed by atoms with Crippen LogP contribution in [0, 0.1) is 0 Å². The van der Waals surface area contributed by atoms with Crippen molar-refractivity contribution < 1.29 is 9.59 Å². The maximum absolute atomic E-state index is 12.3. The standard InChI is InChI=1S/C11H18N4O2S/c16-10(9-7-18-4-1-12-9)14-2-3-15-8(6-14)5-13-11(15)17/h8-9,12H,1-7H2,(H,13,17). The predicted octanol–water partition coefficient (Wildman–Crippen LogP) is -1.07. The Kier molecular flexibility index (Phi) is 3.34. The van der Waals surface area contributed by atoms with Crippen molar-refractivity contribution in [3.63, 3.8) is 0 Å². The number of thioether (sulfide) groups is 1. The lowest BCUT2D eigenvalue weighted by molar-refractivity contribution is -0.135. The van der Waals surface area contributed by atoms with E-state index in [1.54, 1.807) is 0 Å². The van der Waals surface area contributed by atoms with Crippen LogP contribution in [0.15, 0.2) is 0 Å². The molecule has 100 valence electrons. The van der Waals surface area contributed by atoms with Gasteiger partial charge in [-0.15, -0.1) is 0 Å². The van der Waals surface area contributed by atoms with E-state index in [1.807, 2.05) is 21.6 Å². The molecule has 2 unspecified atom stereocenters. The Hall–Kier alpha value is -0.950. The first-order valence-corrected chi connectivity index (χ1v) is 7.55. The Labute approximate surface area is 110 Å². The maximum atomic E-state index is 12.3. The monoisotopic (exact) mass is 270 g/mol. The van der Waals surface area contributed by atoms with Gasteiger partial charge in [-0.25, -0.2) is 4.79 Å². The molecule has 0 aromatic heterocycles. The molecule has 0 bridgehead atoms. The molecule has 3 saturated heterocycles. The number of hydrogen-bond acceptors (Lipinski definition) is 4. The molecule has 0 aromatic rings. The van der Waals surface area contributed by atoms with Crippen LogP contribution < -0.4 is 10.6 Å². The Morgan fingerprint density at radius 1 is 1.39 bits per heavy atom. The number of carbonyl (C=O) groups excluding carboxylic acids is 2. The summed E-state index contributed by atoms with van der Waals surface area (Å²) in [6.45, 7) is 3.55. The molecular weight excluding hydrogens is 252 g/mol. The van der Waals surface area contributed by atoms with Crippen LogP contribution in [0.4, 0.5) is 4.79 Å². The third-order valence-corrected chi connectivity index (χ3v) is 4.83. The third-order valence-electron chi connectivity index (χ3n) is 3.76. The molecule has 3 amide bonds. The summed E-state index contributed by atoms with van der Waals surface area (Å²) in [5.41, 5.74) is 0. The number of fused-ring (bicyclic) bond motifs is 1. The summed E-state index contributed by atoms with van der Waals surface area (Å²) in [5.74, 6) is 2.14. The second-order valence-corrected chi connectivity index (χ2v) is 6.05. The maximum Gasteiger partial charge on any atom is 0.317 e. The molecule has 0 radical (unpaired) electrons. The molecule has 7 heteroatoms. The van der Waals surface area contributed by atoms with E-state index in [0.717, 1.165) is 18.1 Å². The quantitative estimate of drug-likeness (QED) is 0.637. The molecule has 6 nitrogen and oxygen atoms in total. The number of amides is 3. The molecule has 18 heavy (non-hydrogen) atoms. The smallest absolute Gasteiger partial charge is 0.317 e. The van der Waals surface area contributed by atoms with Crippen LogP contribution >= 0.6 is 11.8 Å². The fourth-order valence-electron chi connectivity index (χ4n) is 2.75. The topological polar surface area (TPSA) is 64.7 Å². The van der Waals surface area contributed by atoms with Crippen LogP contribution in [0.25, 0.3) is 0 Å². The van der Waals surface area contributed by atoms with E-state index in [-0.39, 0.29) is 24.0 Å². The Bertz CT molecular complexity index is 359. The van der Waals surface area contributed by atoms with Crippen molar-refractivity contribution in [3.8, 4) is 0 Å². The number of hydrogen-bond donors (Lipinski definition) is 2. The van der Waals surface area contributed by atoms with Gasteiger partial charge in [-0.3, -0.25) is 4.79 Å². The van der Waals surface area contributed by atoms with Crippen molar-refractivity contribution in [1.82, 2.24) is 20.4 Å². The second-order valence-electron chi connectivity index (χ2n) is 4.90. The normalized spacial score (nSPS) is 32.1. The molecule has 0 spiro atoms. The lowest BCUT2D eigenvalue weighted by Gasteiger charge is -2.38. The first-order chi connectivity index (χ1) is 8.75. The highest BCUT2D eigenvalue weighted by Crippen LogP contribution is 2.17. The summed E-state index contributed by atoms with van der Waals surface area (Å²) < 4.78 is 0. The number of urea groups is 1. The molecular formula is C11H18N4O2S. The Balaban J connectivity index is 1.60. The van der Waals surface area contributed by atoms with E-state index in [4.69, 9.17) is 0 Å². The summed E-state index contributed by atoms with van der Waals surface area (Å²) in [5, 5.41) is 6.11. The summed E-state index contributed by atoms with van der Waals surface area (Å²) in [6, 6.07) is 0.130. The molecule has 2 N–H and O–H groups in total. The van der Waals surface area contributed by atoms with E-state index in [0.29, 0.717) is 26.2 Å². The zero-order valence-corrected chi connectivity index (χ0v) is 11.0. The highest BCUT2D eigenvalue weighted by atomic mass is 32.2. The lowest BCUT2D eigenvalue weighted by Crippen LogP contribution is -2.58. The van der Waals surface area contributed by atoms with Crippen LogP contribution in [0.3, 0.4) is 0 Å². The van der Waals surface area contributed by atoms with Crippen molar-refractivity contribution in [2.45, 2.75) is 12.1 Å². The summed E-state index contributed by atoms with van der Waals surface area (Å²) in [6.07, 6.45) is 0. The lowest BCUT2D eigenvalue weighted by atomic mass is 10.1. The summed E-state index contributed by atoms with van der Waals surface area (Å²) >= 11 is 1.83. The second kappa shape index (κ2) is 4.97. The first-order valence-electron chi connectivity index (χ1n) is 6.40. The third kappa shape index (κ3) is 2.16. The SMILES string of the molecule is O=C(C1CSCCN1)N1CCN2C(=O)NCC2C1. The largest absolute Gasteiger partial charge is 0.337 e. The molecule has 3 rings (SSSR count). The highest BCUT2D eigenvalue weighted by molar-refractivity contribution is 7.99. The van der Waals surface area contributed by atoms with Gasteiger partial charge < -0.3 is 20.4 Å². The van der Waals surface area contributed by atoms with Crippen molar-refractivity contribution in [1.29, 1.82) is 0 Å². The fourth-order valence-corrected chi connectivity index (χ4v) is 3.67. The minimum absolute atomic E-state index is 0.0124. The van der Waals surface area contributed by atoms with E-state index in [2.05, 4.69) is 10.6 Å². The van der Waals surface area contributed by atoms with E-state index >= 15 is 0 Å². The molecule has 0 saturated carbocycles. The summed E-state index contributed by atoms with van der Waals surface area (Å²) in [7, 11) is 0. The minimum Gasteiger partial charge on any atom is -0.337 e. The van der Waals surface area contributed by atoms with Gasteiger partial charge in [-0.1, -0.05) is 0 Å². The van der Waals surface area contributed by atoms with Gasteiger partial charge in [-0.2, -0.15) is 11.8 Å². The van der Waals surface area contributed by atoms with Crippen LogP contribution in [-0.4, -0.2) is 78.1 Å². The van der Waals surface area contributed by atoms with E-state index < -0.39 is 0 Å². The molecule has 3 aliphatic heterocycles. The summed E-state index contributed by atoms with van der Waals surface area (Å²) in [4.78, 5) is 27.6. The fraction of sp³-hybridized carbons (Fsp3) is 0.818. The van der Waals surface area contributed by atoms with Crippen LogP contribution in [-0.2, 0) is 4.79 Å². The van der Waals surface area contributed by atoms with Gasteiger partial charge in [0.1, 0.15) is 0 Å². The molecule has 3 aliphatic rings. The molecule has 3 heterocycles. The zero-order valence-electron chi connectivity index (χ0n) is 10.2. The number of nitrogens with one attached hydrogen (secondary N) is 2. The van der Waals surface area contributed by atoms with Crippen molar-refractivity contribution in [2.24, 2.45) is 0 Å². The Morgan fingerprint density at radius 3 is 3.06 bits per heavy atom. The van der Waals surface area contributed by atoms with E-state index in [9.17, 15) is 9.59 Å².